The quantitative estimate of drug-likeness (QED) is 0.0748. The van der Waals surface area contributed by atoms with Crippen molar-refractivity contribution >= 4 is 46.6 Å². The molecule has 0 saturated heterocycles. The zero-order chi connectivity index (χ0) is 39.5. The number of unbranched alkanes of at least 4 members (excludes halogenated alkanes) is 10. The van der Waals surface area contributed by atoms with Gasteiger partial charge in [0.1, 0.15) is 6.04 Å². The Bertz CT molecular complexity index is 1740. The van der Waals surface area contributed by atoms with Crippen molar-refractivity contribution in [1.82, 2.24) is 25.3 Å². The van der Waals surface area contributed by atoms with E-state index in [-0.39, 0.29) is 60.1 Å². The van der Waals surface area contributed by atoms with Gasteiger partial charge in [-0.15, -0.1) is 0 Å². The number of hydrogen-bond donors (Lipinski definition) is 3. The molecular weight excluding hydrogens is 711 g/mol. The number of anilines is 2. The van der Waals surface area contributed by atoms with Crippen LogP contribution in [0.1, 0.15) is 120 Å². The van der Waals surface area contributed by atoms with Crippen LogP contribution in [0.25, 0.3) is 11.2 Å². The Kier molecular flexibility index (Phi) is 17.8. The molecule has 14 nitrogen and oxygen atoms in total. The average Bonchev–Trinajstić information content (AvgIpc) is 3.14. The van der Waals surface area contributed by atoms with Crippen molar-refractivity contribution in [3.05, 3.63) is 52.1 Å². The number of carbonyl (C=O) groups excluding carboxylic acids is 4. The number of carbonyl (C=O) groups is 4. The van der Waals surface area contributed by atoms with Crippen LogP contribution in [0.5, 0.6) is 0 Å². The number of nitrogen functional groups attached to an aromatic ring is 1. The number of rotatable bonds is 23. The Balaban J connectivity index is 1.71. The third-order valence-corrected chi connectivity index (χ3v) is 8.47. The zero-order valence-electron chi connectivity index (χ0n) is 30.8. The minimum absolute atomic E-state index is 0.0433. The van der Waals surface area contributed by atoms with E-state index >= 15 is 0 Å². The maximum atomic E-state index is 13.7. The number of hydrogen-bond acceptors (Lipinski definition) is 11. The van der Waals surface area contributed by atoms with Crippen molar-refractivity contribution < 1.29 is 41.8 Å². The lowest BCUT2D eigenvalue weighted by Crippen LogP contribution is -2.42. The highest BCUT2D eigenvalue weighted by atomic mass is 19.4. The van der Waals surface area contributed by atoms with Gasteiger partial charge in [-0.05, 0) is 43.5 Å². The molecule has 4 N–H and O–H groups in total. The Morgan fingerprint density at radius 3 is 2.07 bits per heavy atom. The van der Waals surface area contributed by atoms with Crippen molar-refractivity contribution in [3.63, 3.8) is 0 Å². The van der Waals surface area contributed by atoms with E-state index in [0.29, 0.717) is 11.3 Å². The van der Waals surface area contributed by atoms with Crippen LogP contribution < -0.4 is 21.5 Å². The number of nitrogens with zero attached hydrogens (tertiary/aromatic N) is 4. The highest BCUT2D eigenvalue weighted by Gasteiger charge is 2.43. The molecule has 296 valence electrons. The van der Waals surface area contributed by atoms with Crippen molar-refractivity contribution in [3.8, 4) is 0 Å². The summed E-state index contributed by atoms with van der Waals surface area (Å²) in [5.74, 6) is -4.48. The number of amides is 2. The number of halogens is 3. The number of nitrogens with two attached hydrogens (primary N) is 1. The third kappa shape index (κ3) is 14.4. The molecular formula is C37H50F3N7O7. The van der Waals surface area contributed by atoms with Crippen molar-refractivity contribution in [1.29, 1.82) is 0 Å². The van der Waals surface area contributed by atoms with Crippen LogP contribution in [0.15, 0.2) is 35.3 Å². The van der Waals surface area contributed by atoms with Crippen LogP contribution in [0.3, 0.4) is 0 Å². The summed E-state index contributed by atoms with van der Waals surface area (Å²) in [7, 11) is 0. The second-order valence-electron chi connectivity index (χ2n) is 12.9. The summed E-state index contributed by atoms with van der Waals surface area (Å²) >= 11 is 0. The molecule has 1 atom stereocenters. The predicted molar refractivity (Wildman–Crippen MR) is 195 cm³/mol. The first kappa shape index (κ1) is 43.3. The molecule has 3 rings (SSSR count). The number of esters is 2. The molecule has 0 aliphatic rings. The Hall–Kier alpha value is -5.09. The molecule has 17 heteroatoms. The van der Waals surface area contributed by atoms with E-state index in [0.717, 1.165) is 89.0 Å². The number of alkyl halides is 3. The number of aromatic nitrogens is 4. The van der Waals surface area contributed by atoms with E-state index in [2.05, 4.69) is 39.1 Å². The molecule has 0 unspecified atom stereocenters. The van der Waals surface area contributed by atoms with Gasteiger partial charge in [0.2, 0.25) is 5.95 Å². The number of ether oxygens (including phenoxy) is 2. The third-order valence-electron chi connectivity index (χ3n) is 8.47. The van der Waals surface area contributed by atoms with Crippen LogP contribution in [0, 0.1) is 0 Å². The fourth-order valence-electron chi connectivity index (χ4n) is 5.48. The van der Waals surface area contributed by atoms with Gasteiger partial charge in [-0.2, -0.15) is 18.2 Å². The molecule has 0 bridgehead atoms. The molecule has 0 fully saturated rings. The minimum Gasteiger partial charge on any atom is -0.466 e. The van der Waals surface area contributed by atoms with Crippen LogP contribution in [-0.4, -0.2) is 69.1 Å². The molecule has 0 saturated carbocycles. The molecule has 0 aliphatic carbocycles. The molecule has 2 aromatic heterocycles. The largest absolute Gasteiger partial charge is 0.471 e. The molecule has 1 aromatic carbocycles. The fraction of sp³-hybridized carbons (Fsp3) is 0.568. The summed E-state index contributed by atoms with van der Waals surface area (Å²) in [6.45, 7) is 3.89. The maximum Gasteiger partial charge on any atom is 0.471 e. The molecule has 2 amide bonds. The van der Waals surface area contributed by atoms with Crippen LogP contribution in [-0.2, 0) is 30.4 Å². The first-order chi connectivity index (χ1) is 25.8. The van der Waals surface area contributed by atoms with E-state index < -0.39 is 48.1 Å². The molecule has 54 heavy (non-hydrogen) atoms. The van der Waals surface area contributed by atoms with E-state index in [1.807, 2.05) is 0 Å². The smallest absolute Gasteiger partial charge is 0.466 e. The summed E-state index contributed by atoms with van der Waals surface area (Å²) in [4.78, 5) is 78.0. The predicted octanol–water partition coefficient (Wildman–Crippen LogP) is 6.08. The highest BCUT2D eigenvalue weighted by Crippen LogP contribution is 2.26. The molecule has 2 heterocycles. The van der Waals surface area contributed by atoms with Gasteiger partial charge in [-0.25, -0.2) is 14.8 Å². The Morgan fingerprint density at radius 1 is 0.870 bits per heavy atom. The van der Waals surface area contributed by atoms with Gasteiger partial charge in [0.15, 0.2) is 11.2 Å². The van der Waals surface area contributed by atoms with Gasteiger partial charge < -0.3 is 20.5 Å². The standard InChI is InChI=1S/C37H50F3N7O7/c1-3-5-7-9-11-13-21-53-29(48)20-19-28(34(51)54-22-14-12-10-8-6-4-2)44-32(49)25-15-17-27(18-16-25)47(35(52)37(38,39)40)24-26-23-42-31-30(43-26)33(50)46-36(41)45-31/h15-18,23,28H,3-14,19-22,24H2,1-2H3,(H,44,49)(H3,41,42,45,46,50)/t28-/m0/s1. The number of benzene rings is 1. The molecule has 0 radical (unpaired) electrons. The monoisotopic (exact) mass is 761 g/mol. The van der Waals surface area contributed by atoms with Gasteiger partial charge in [0.25, 0.3) is 11.5 Å². The van der Waals surface area contributed by atoms with Crippen molar-refractivity contribution in [2.45, 2.75) is 123 Å². The summed E-state index contributed by atoms with van der Waals surface area (Å²) in [6.07, 6.45) is 7.44. The van der Waals surface area contributed by atoms with Gasteiger partial charge in [-0.3, -0.25) is 29.1 Å². The maximum absolute atomic E-state index is 13.7. The van der Waals surface area contributed by atoms with E-state index in [1.165, 1.54) is 12.1 Å². The number of nitrogens with one attached hydrogen (secondary N) is 2. The summed E-state index contributed by atoms with van der Waals surface area (Å²) in [6, 6.07) is 3.39. The Labute approximate surface area is 311 Å². The normalized spacial score (nSPS) is 11.9. The summed E-state index contributed by atoms with van der Waals surface area (Å²) in [5.41, 5.74) is 3.85. The lowest BCUT2D eigenvalue weighted by Gasteiger charge is -2.24. The fourth-order valence-corrected chi connectivity index (χ4v) is 5.48. The van der Waals surface area contributed by atoms with E-state index in [1.54, 1.807) is 0 Å². The highest BCUT2D eigenvalue weighted by molar-refractivity contribution is 5.99. The van der Waals surface area contributed by atoms with E-state index in [4.69, 9.17) is 15.2 Å². The van der Waals surface area contributed by atoms with Crippen molar-refractivity contribution in [2.75, 3.05) is 23.8 Å². The minimum atomic E-state index is -5.29. The topological polar surface area (TPSA) is 200 Å². The van der Waals surface area contributed by atoms with Crippen LogP contribution in [0.4, 0.5) is 24.8 Å². The molecule has 0 spiro atoms. The number of fused-ring (bicyclic) bond motifs is 1. The first-order valence-corrected chi connectivity index (χ1v) is 18.5. The second kappa shape index (κ2) is 22.2. The molecule has 3 aromatic rings. The lowest BCUT2D eigenvalue weighted by molar-refractivity contribution is -0.170. The van der Waals surface area contributed by atoms with Crippen LogP contribution in [0.2, 0.25) is 0 Å². The van der Waals surface area contributed by atoms with Gasteiger partial charge in [0.05, 0.1) is 31.6 Å². The van der Waals surface area contributed by atoms with Gasteiger partial charge in [-0.1, -0.05) is 78.1 Å². The van der Waals surface area contributed by atoms with Gasteiger partial charge >= 0.3 is 24.0 Å². The number of H-pyrrole nitrogens is 1. The summed E-state index contributed by atoms with van der Waals surface area (Å²) in [5, 5.41) is 2.57. The number of aromatic amines is 1. The molecule has 0 aliphatic heterocycles. The lowest BCUT2D eigenvalue weighted by atomic mass is 10.1. The zero-order valence-corrected chi connectivity index (χ0v) is 30.8. The summed E-state index contributed by atoms with van der Waals surface area (Å²) < 4.78 is 51.8. The van der Waals surface area contributed by atoms with Crippen LogP contribution >= 0.6 is 0 Å². The second-order valence-corrected chi connectivity index (χ2v) is 12.9. The SMILES string of the molecule is CCCCCCCCOC(=O)CC[C@H](NC(=O)c1ccc(N(Cc2cnc3nc(N)[nH]c(=O)c3n2)C(=O)C(F)(F)F)cc1)C(=O)OCCCCCCCC. The van der Waals surface area contributed by atoms with Gasteiger partial charge in [0, 0.05) is 17.7 Å². The van der Waals surface area contributed by atoms with E-state index in [9.17, 15) is 37.1 Å². The average molecular weight is 762 g/mol. The first-order valence-electron chi connectivity index (χ1n) is 18.5. The van der Waals surface area contributed by atoms with Crippen molar-refractivity contribution in [2.24, 2.45) is 0 Å². The Morgan fingerprint density at radius 2 is 1.46 bits per heavy atom.